The molecule has 9 heteroatoms. The van der Waals surface area contributed by atoms with Crippen molar-refractivity contribution >= 4 is 33.2 Å². The number of sulfonamides is 1. The van der Waals surface area contributed by atoms with E-state index in [0.29, 0.717) is 25.4 Å². The van der Waals surface area contributed by atoms with E-state index in [1.165, 1.54) is 15.9 Å². The summed E-state index contributed by atoms with van der Waals surface area (Å²) in [5, 5.41) is 2.81. The van der Waals surface area contributed by atoms with Crippen LogP contribution in [0, 0.1) is 5.92 Å². The summed E-state index contributed by atoms with van der Waals surface area (Å²) in [6.45, 7) is 5.42. The van der Waals surface area contributed by atoms with Crippen LogP contribution < -0.4 is 15.0 Å². The molecular formula is C25H31N3O5S. The summed E-state index contributed by atoms with van der Waals surface area (Å²) in [7, 11) is -3.73. The Balaban J connectivity index is 1.51. The Kier molecular flexibility index (Phi) is 7.23. The minimum atomic E-state index is -3.73. The first-order valence-corrected chi connectivity index (χ1v) is 13.2. The number of hydrogen-bond donors (Lipinski definition) is 1. The van der Waals surface area contributed by atoms with Crippen molar-refractivity contribution in [3.63, 3.8) is 0 Å². The predicted octanol–water partition coefficient (Wildman–Crippen LogP) is 3.42. The van der Waals surface area contributed by atoms with Crippen LogP contribution in [-0.4, -0.2) is 50.8 Å². The summed E-state index contributed by atoms with van der Waals surface area (Å²) < 4.78 is 33.4. The van der Waals surface area contributed by atoms with Gasteiger partial charge in [0.25, 0.3) is 0 Å². The number of nitrogens with one attached hydrogen (secondary N) is 1. The van der Waals surface area contributed by atoms with Gasteiger partial charge in [0.05, 0.1) is 12.5 Å². The number of amides is 2. The van der Waals surface area contributed by atoms with Crippen LogP contribution in [0.2, 0.25) is 0 Å². The van der Waals surface area contributed by atoms with Gasteiger partial charge in [0.1, 0.15) is 10.6 Å². The number of carbonyl (C=O) groups is 2. The molecule has 1 unspecified atom stereocenters. The van der Waals surface area contributed by atoms with Crippen LogP contribution in [0.5, 0.6) is 5.75 Å². The molecule has 4 rings (SSSR count). The van der Waals surface area contributed by atoms with Crippen LogP contribution in [0.1, 0.15) is 38.7 Å². The van der Waals surface area contributed by atoms with E-state index in [9.17, 15) is 18.0 Å². The molecule has 0 bridgehead atoms. The minimum Gasteiger partial charge on any atom is -0.492 e. The lowest BCUT2D eigenvalue weighted by molar-refractivity contribution is -0.122. The molecule has 0 saturated carbocycles. The SMILES string of the molecule is CCOc1ccc(NC(=O)C2CC(=O)N(c3ccc(CC)cc3)C2)cc1S(=O)(=O)N1CCCC1. The molecule has 0 aromatic heterocycles. The molecule has 1 atom stereocenters. The van der Waals surface area contributed by atoms with Gasteiger partial charge in [-0.3, -0.25) is 9.59 Å². The van der Waals surface area contributed by atoms with Crippen LogP contribution in [0.15, 0.2) is 47.4 Å². The molecule has 0 spiro atoms. The summed E-state index contributed by atoms with van der Waals surface area (Å²) in [5.41, 5.74) is 2.32. The monoisotopic (exact) mass is 485 g/mol. The number of hydrogen-bond acceptors (Lipinski definition) is 5. The fourth-order valence-corrected chi connectivity index (χ4v) is 6.09. The molecule has 0 radical (unpaired) electrons. The first kappa shape index (κ1) is 24.2. The van der Waals surface area contributed by atoms with E-state index in [-0.39, 0.29) is 35.4 Å². The molecule has 1 N–H and O–H groups in total. The van der Waals surface area contributed by atoms with Crippen molar-refractivity contribution in [2.24, 2.45) is 5.92 Å². The topological polar surface area (TPSA) is 96.0 Å². The molecule has 2 aliphatic heterocycles. The first-order valence-electron chi connectivity index (χ1n) is 11.8. The molecule has 34 heavy (non-hydrogen) atoms. The van der Waals surface area contributed by atoms with Gasteiger partial charge >= 0.3 is 0 Å². The van der Waals surface area contributed by atoms with Crippen molar-refractivity contribution in [3.05, 3.63) is 48.0 Å². The Bertz CT molecular complexity index is 1160. The van der Waals surface area contributed by atoms with Crippen molar-refractivity contribution in [2.45, 2.75) is 44.4 Å². The van der Waals surface area contributed by atoms with Crippen molar-refractivity contribution in [2.75, 3.05) is 36.5 Å². The molecular weight excluding hydrogens is 454 g/mol. The quantitative estimate of drug-likeness (QED) is 0.618. The maximum Gasteiger partial charge on any atom is 0.246 e. The van der Waals surface area contributed by atoms with Crippen LogP contribution in [0.25, 0.3) is 0 Å². The fraction of sp³-hybridized carbons (Fsp3) is 0.440. The maximum atomic E-state index is 13.2. The highest BCUT2D eigenvalue weighted by atomic mass is 32.2. The molecule has 182 valence electrons. The Morgan fingerprint density at radius 3 is 2.44 bits per heavy atom. The van der Waals surface area contributed by atoms with E-state index < -0.39 is 15.9 Å². The predicted molar refractivity (Wildman–Crippen MR) is 131 cm³/mol. The lowest BCUT2D eigenvalue weighted by Crippen LogP contribution is -2.29. The normalized spacial score (nSPS) is 18.9. The van der Waals surface area contributed by atoms with Crippen LogP contribution in [0.4, 0.5) is 11.4 Å². The maximum absolute atomic E-state index is 13.2. The average Bonchev–Trinajstić information content (AvgIpc) is 3.51. The molecule has 2 amide bonds. The minimum absolute atomic E-state index is 0.0502. The van der Waals surface area contributed by atoms with Gasteiger partial charge in [-0.2, -0.15) is 4.31 Å². The van der Waals surface area contributed by atoms with Gasteiger partial charge in [-0.25, -0.2) is 8.42 Å². The summed E-state index contributed by atoms with van der Waals surface area (Å²) >= 11 is 0. The number of rotatable bonds is 8. The summed E-state index contributed by atoms with van der Waals surface area (Å²) in [6, 6.07) is 12.4. The van der Waals surface area contributed by atoms with Gasteiger partial charge in [-0.15, -0.1) is 0 Å². The van der Waals surface area contributed by atoms with Gasteiger partial charge in [-0.1, -0.05) is 19.1 Å². The lowest BCUT2D eigenvalue weighted by Gasteiger charge is -2.19. The summed E-state index contributed by atoms with van der Waals surface area (Å²) in [4.78, 5) is 27.3. The van der Waals surface area contributed by atoms with Gasteiger partial charge in [-0.05, 0) is 62.1 Å². The number of anilines is 2. The van der Waals surface area contributed by atoms with Gasteiger partial charge in [0.15, 0.2) is 0 Å². The second-order valence-electron chi connectivity index (χ2n) is 8.62. The Hall–Kier alpha value is -2.91. The third-order valence-electron chi connectivity index (χ3n) is 6.35. The Morgan fingerprint density at radius 2 is 1.79 bits per heavy atom. The van der Waals surface area contributed by atoms with E-state index in [1.54, 1.807) is 24.0 Å². The average molecular weight is 486 g/mol. The zero-order valence-corrected chi connectivity index (χ0v) is 20.4. The highest BCUT2D eigenvalue weighted by molar-refractivity contribution is 7.89. The van der Waals surface area contributed by atoms with E-state index in [2.05, 4.69) is 12.2 Å². The number of benzene rings is 2. The largest absolute Gasteiger partial charge is 0.492 e. The van der Waals surface area contributed by atoms with Gasteiger partial charge < -0.3 is 15.0 Å². The Morgan fingerprint density at radius 1 is 1.09 bits per heavy atom. The van der Waals surface area contributed by atoms with Gasteiger partial charge in [0, 0.05) is 37.4 Å². The van der Waals surface area contributed by atoms with Crippen LogP contribution >= 0.6 is 0 Å². The van der Waals surface area contributed by atoms with Crippen molar-refractivity contribution in [1.29, 1.82) is 0 Å². The molecule has 0 aliphatic carbocycles. The van der Waals surface area contributed by atoms with Crippen molar-refractivity contribution in [1.82, 2.24) is 4.31 Å². The van der Waals surface area contributed by atoms with Gasteiger partial charge in [0.2, 0.25) is 21.8 Å². The lowest BCUT2D eigenvalue weighted by atomic mass is 10.1. The van der Waals surface area contributed by atoms with E-state index in [1.807, 2.05) is 24.3 Å². The second-order valence-corrected chi connectivity index (χ2v) is 10.5. The molecule has 2 fully saturated rings. The molecule has 2 aliphatic rings. The smallest absolute Gasteiger partial charge is 0.246 e. The highest BCUT2D eigenvalue weighted by Gasteiger charge is 2.36. The highest BCUT2D eigenvalue weighted by Crippen LogP contribution is 2.32. The van der Waals surface area contributed by atoms with E-state index >= 15 is 0 Å². The molecule has 2 aromatic carbocycles. The van der Waals surface area contributed by atoms with Crippen LogP contribution in [0.3, 0.4) is 0 Å². The third kappa shape index (κ3) is 4.95. The number of ether oxygens (including phenoxy) is 1. The number of nitrogens with zero attached hydrogens (tertiary/aromatic N) is 2. The fourth-order valence-electron chi connectivity index (χ4n) is 4.42. The molecule has 2 aromatic rings. The van der Waals surface area contributed by atoms with Crippen LogP contribution in [-0.2, 0) is 26.0 Å². The van der Waals surface area contributed by atoms with E-state index in [4.69, 9.17) is 4.74 Å². The Labute approximate surface area is 200 Å². The molecule has 2 saturated heterocycles. The zero-order chi connectivity index (χ0) is 24.3. The number of carbonyl (C=O) groups excluding carboxylic acids is 2. The standard InChI is InChI=1S/C25H31N3O5S/c1-3-18-7-10-21(11-8-18)28-17-19(15-24(28)29)25(30)26-20-9-12-22(33-4-2)23(16-20)34(31,32)27-13-5-6-14-27/h7-12,16,19H,3-6,13-15,17H2,1-2H3,(H,26,30). The summed E-state index contributed by atoms with van der Waals surface area (Å²) in [5.74, 6) is -0.670. The second kappa shape index (κ2) is 10.1. The molecule has 8 nitrogen and oxygen atoms in total. The zero-order valence-electron chi connectivity index (χ0n) is 19.6. The third-order valence-corrected chi connectivity index (χ3v) is 8.27. The number of aryl methyl sites for hydroxylation is 1. The van der Waals surface area contributed by atoms with Crippen molar-refractivity contribution < 1.29 is 22.7 Å². The first-order chi connectivity index (χ1) is 16.3. The summed E-state index contributed by atoms with van der Waals surface area (Å²) in [6.07, 6.45) is 2.67. The molecule has 2 heterocycles. The van der Waals surface area contributed by atoms with Crippen molar-refractivity contribution in [3.8, 4) is 5.75 Å². The van der Waals surface area contributed by atoms with E-state index in [0.717, 1.165) is 24.9 Å².